The number of imidazole rings is 1. The van der Waals surface area contributed by atoms with Crippen LogP contribution in [0.2, 0.25) is 0 Å². The van der Waals surface area contributed by atoms with Crippen molar-refractivity contribution in [1.82, 2.24) is 9.13 Å². The highest BCUT2D eigenvalue weighted by atomic mass is 35.5. The maximum Gasteiger partial charge on any atom is 0.327 e. The number of halogens is 1. The zero-order valence-corrected chi connectivity index (χ0v) is 7.32. The van der Waals surface area contributed by atoms with Gasteiger partial charge in [0.1, 0.15) is 5.38 Å². The summed E-state index contributed by atoms with van der Waals surface area (Å²) in [5.74, 6) is 0. The quantitative estimate of drug-likeness (QED) is 0.623. The molecule has 1 rings (SSSR count). The summed E-state index contributed by atoms with van der Waals surface area (Å²) in [6, 6.07) is 1.85. The summed E-state index contributed by atoms with van der Waals surface area (Å²) in [6.45, 7) is 0.234. The molecule has 64 valence electrons. The van der Waals surface area contributed by atoms with Crippen molar-refractivity contribution in [2.75, 3.05) is 0 Å². The highest BCUT2D eigenvalue weighted by Gasteiger charge is 2.05. The van der Waals surface area contributed by atoms with Crippen LogP contribution in [-0.4, -0.2) is 14.5 Å². The second-order valence-electron chi connectivity index (χ2n) is 2.44. The predicted molar refractivity (Wildman–Crippen MR) is 44.9 cm³/mol. The van der Waals surface area contributed by atoms with Gasteiger partial charge in [0.25, 0.3) is 0 Å². The van der Waals surface area contributed by atoms with E-state index in [0.29, 0.717) is 0 Å². The Morgan fingerprint density at radius 1 is 1.75 bits per heavy atom. The Morgan fingerprint density at radius 3 is 2.83 bits per heavy atom. The van der Waals surface area contributed by atoms with E-state index in [1.165, 1.54) is 9.13 Å². The van der Waals surface area contributed by atoms with E-state index in [9.17, 15) is 4.79 Å². The number of alkyl halides is 1. The Balaban J connectivity index is 2.85. The lowest BCUT2D eigenvalue weighted by molar-refractivity contribution is 0.667. The van der Waals surface area contributed by atoms with Gasteiger partial charge in [0.05, 0.1) is 12.6 Å². The monoisotopic (exact) mass is 185 g/mol. The lowest BCUT2D eigenvalue weighted by atomic mass is 10.4. The van der Waals surface area contributed by atoms with Gasteiger partial charge in [-0.1, -0.05) is 0 Å². The van der Waals surface area contributed by atoms with Gasteiger partial charge in [0.15, 0.2) is 0 Å². The van der Waals surface area contributed by atoms with Gasteiger partial charge in [-0.15, -0.1) is 11.6 Å². The predicted octanol–water partition coefficient (Wildman–Crippen LogP) is 0.318. The molecule has 12 heavy (non-hydrogen) atoms. The van der Waals surface area contributed by atoms with Gasteiger partial charge in [0, 0.05) is 19.4 Å². The van der Waals surface area contributed by atoms with Crippen molar-refractivity contribution < 1.29 is 0 Å². The fourth-order valence-electron chi connectivity index (χ4n) is 0.863. The molecule has 4 nitrogen and oxygen atoms in total. The normalized spacial score (nSPS) is 12.4. The first kappa shape index (κ1) is 8.88. The van der Waals surface area contributed by atoms with Crippen LogP contribution in [0.4, 0.5) is 0 Å². The van der Waals surface area contributed by atoms with E-state index in [-0.39, 0.29) is 12.2 Å². The molecule has 5 heteroatoms. The molecule has 1 unspecified atom stereocenters. The SMILES string of the molecule is Cn1ccn(CC(Cl)C#N)c1=O. The minimum atomic E-state index is -0.648. The lowest BCUT2D eigenvalue weighted by Gasteiger charge is -1.99. The maximum absolute atomic E-state index is 11.2. The number of rotatable bonds is 2. The van der Waals surface area contributed by atoms with Crippen molar-refractivity contribution in [2.24, 2.45) is 7.05 Å². The minimum Gasteiger partial charge on any atom is -0.302 e. The van der Waals surface area contributed by atoms with E-state index in [4.69, 9.17) is 16.9 Å². The molecule has 0 N–H and O–H groups in total. The van der Waals surface area contributed by atoms with Crippen molar-refractivity contribution in [3.8, 4) is 6.07 Å². The average Bonchev–Trinajstić information content (AvgIpc) is 2.36. The molecule has 0 aliphatic heterocycles. The third-order valence-corrected chi connectivity index (χ3v) is 1.75. The Bertz CT molecular complexity index is 359. The van der Waals surface area contributed by atoms with Gasteiger partial charge >= 0.3 is 5.69 Å². The van der Waals surface area contributed by atoms with Crippen LogP contribution in [0.25, 0.3) is 0 Å². The number of aromatic nitrogens is 2. The van der Waals surface area contributed by atoms with E-state index in [0.717, 1.165) is 0 Å². The third-order valence-electron chi connectivity index (χ3n) is 1.51. The highest BCUT2D eigenvalue weighted by Crippen LogP contribution is 1.96. The first-order valence-electron chi connectivity index (χ1n) is 3.40. The number of nitriles is 1. The largest absolute Gasteiger partial charge is 0.327 e. The van der Waals surface area contributed by atoms with Gasteiger partial charge in [-0.05, 0) is 0 Å². The number of hydrogen-bond acceptors (Lipinski definition) is 2. The fourth-order valence-corrected chi connectivity index (χ4v) is 1.01. The molecule has 0 spiro atoms. The van der Waals surface area contributed by atoms with Crippen molar-refractivity contribution in [3.05, 3.63) is 22.9 Å². The Kier molecular flexibility index (Phi) is 2.56. The van der Waals surface area contributed by atoms with E-state index < -0.39 is 5.38 Å². The van der Waals surface area contributed by atoms with Crippen LogP contribution in [-0.2, 0) is 13.6 Å². The molecular formula is C7H8ClN3O. The summed E-state index contributed by atoms with van der Waals surface area (Å²) in [7, 11) is 1.65. The van der Waals surface area contributed by atoms with Gasteiger partial charge in [0.2, 0.25) is 0 Å². The van der Waals surface area contributed by atoms with E-state index in [1.54, 1.807) is 19.4 Å². The average molecular weight is 186 g/mol. The molecule has 0 aliphatic carbocycles. The van der Waals surface area contributed by atoms with Gasteiger partial charge in [-0.3, -0.25) is 4.57 Å². The van der Waals surface area contributed by atoms with Crippen LogP contribution in [0.15, 0.2) is 17.2 Å². The summed E-state index contributed by atoms with van der Waals surface area (Å²) in [5, 5.41) is 7.74. The molecule has 1 aromatic rings. The molecule has 0 amide bonds. The minimum absolute atomic E-state index is 0.157. The summed E-state index contributed by atoms with van der Waals surface area (Å²) in [5.41, 5.74) is -0.157. The zero-order chi connectivity index (χ0) is 9.14. The number of aryl methyl sites for hydroxylation is 1. The first-order valence-corrected chi connectivity index (χ1v) is 3.84. The van der Waals surface area contributed by atoms with Crippen molar-refractivity contribution in [3.63, 3.8) is 0 Å². The summed E-state index contributed by atoms with van der Waals surface area (Å²) < 4.78 is 2.84. The molecule has 0 saturated carbocycles. The summed E-state index contributed by atoms with van der Waals surface area (Å²) in [4.78, 5) is 11.2. The molecule has 1 atom stereocenters. The molecule has 0 aliphatic rings. The molecule has 0 aromatic carbocycles. The standard InChI is InChI=1S/C7H8ClN3O/c1-10-2-3-11(7(10)12)5-6(8)4-9/h2-3,6H,5H2,1H3. The van der Waals surface area contributed by atoms with Crippen molar-refractivity contribution >= 4 is 11.6 Å². The van der Waals surface area contributed by atoms with Crippen LogP contribution in [0.1, 0.15) is 0 Å². The van der Waals surface area contributed by atoms with E-state index in [2.05, 4.69) is 0 Å². The van der Waals surface area contributed by atoms with Gasteiger partial charge in [-0.25, -0.2) is 4.79 Å². The van der Waals surface area contributed by atoms with Crippen molar-refractivity contribution in [2.45, 2.75) is 11.9 Å². The molecule has 0 fully saturated rings. The van der Waals surface area contributed by atoms with Crippen LogP contribution in [0.3, 0.4) is 0 Å². The summed E-state index contributed by atoms with van der Waals surface area (Å²) in [6.07, 6.45) is 3.23. The third kappa shape index (κ3) is 1.69. The fraction of sp³-hybridized carbons (Fsp3) is 0.429. The first-order chi connectivity index (χ1) is 5.65. The Morgan fingerprint density at radius 2 is 2.42 bits per heavy atom. The van der Waals surface area contributed by atoms with Gasteiger partial charge in [-0.2, -0.15) is 5.26 Å². The van der Waals surface area contributed by atoms with Gasteiger partial charge < -0.3 is 4.57 Å². The van der Waals surface area contributed by atoms with E-state index >= 15 is 0 Å². The maximum atomic E-state index is 11.2. The van der Waals surface area contributed by atoms with Crippen LogP contribution >= 0.6 is 11.6 Å². The molecular weight excluding hydrogens is 178 g/mol. The molecule has 1 heterocycles. The smallest absolute Gasteiger partial charge is 0.302 e. The Labute approximate surface area is 74.6 Å². The molecule has 1 aromatic heterocycles. The molecule has 0 saturated heterocycles. The van der Waals surface area contributed by atoms with Crippen molar-refractivity contribution in [1.29, 1.82) is 5.26 Å². The van der Waals surface area contributed by atoms with Crippen LogP contribution in [0.5, 0.6) is 0 Å². The van der Waals surface area contributed by atoms with Crippen LogP contribution < -0.4 is 5.69 Å². The zero-order valence-electron chi connectivity index (χ0n) is 6.57. The molecule has 0 bridgehead atoms. The second-order valence-corrected chi connectivity index (χ2v) is 2.97. The lowest BCUT2D eigenvalue weighted by Crippen LogP contribution is -2.24. The number of nitrogens with zero attached hydrogens (tertiary/aromatic N) is 3. The molecule has 0 radical (unpaired) electrons. The van der Waals surface area contributed by atoms with Crippen LogP contribution in [0, 0.1) is 11.3 Å². The van der Waals surface area contributed by atoms with E-state index in [1.807, 2.05) is 6.07 Å². The highest BCUT2D eigenvalue weighted by molar-refractivity contribution is 6.22. The Hall–Kier alpha value is -1.21. The number of hydrogen-bond donors (Lipinski definition) is 0. The second kappa shape index (κ2) is 3.46. The summed E-state index contributed by atoms with van der Waals surface area (Å²) >= 11 is 5.55. The topological polar surface area (TPSA) is 50.7 Å².